The third-order valence-corrected chi connectivity index (χ3v) is 3.10. The Morgan fingerprint density at radius 1 is 0.625 bits per heavy atom. The normalized spacial score (nSPS) is 10.5. The van der Waals surface area contributed by atoms with Crippen molar-refractivity contribution in [3.05, 3.63) is 56.5 Å². The van der Waals surface area contributed by atoms with Crippen molar-refractivity contribution < 1.29 is 0 Å². The lowest BCUT2D eigenvalue weighted by Gasteiger charge is -2.06. The lowest BCUT2D eigenvalue weighted by molar-refractivity contribution is 1.61. The molecule has 2 aromatic rings. The third kappa shape index (κ3) is 2.64. The topological polar surface area (TPSA) is 0 Å². The van der Waals surface area contributed by atoms with Crippen molar-refractivity contribution in [2.24, 2.45) is 0 Å². The molecule has 0 aliphatic rings. The van der Waals surface area contributed by atoms with Gasteiger partial charge >= 0.3 is 0 Å². The monoisotopic (exact) mass is 290 g/mol. The van der Waals surface area contributed by atoms with Gasteiger partial charge in [-0.25, -0.2) is 0 Å². The summed E-state index contributed by atoms with van der Waals surface area (Å²) in [5.41, 5.74) is 1.67. The SMILES string of the molecule is Clc1cc(Cl)cc(-c2cc(Cl)ccc2Cl)c1. The Bertz CT molecular complexity index is 514. The fourth-order valence-electron chi connectivity index (χ4n) is 1.43. The molecular weight excluding hydrogens is 286 g/mol. The van der Waals surface area contributed by atoms with Crippen LogP contribution in [0.25, 0.3) is 11.1 Å². The van der Waals surface area contributed by atoms with Crippen LogP contribution in [0.2, 0.25) is 20.1 Å². The second-order valence-electron chi connectivity index (χ2n) is 3.28. The van der Waals surface area contributed by atoms with E-state index < -0.39 is 0 Å². The molecule has 0 N–H and O–H groups in total. The molecule has 2 aromatic carbocycles. The van der Waals surface area contributed by atoms with Crippen molar-refractivity contribution in [1.29, 1.82) is 0 Å². The van der Waals surface area contributed by atoms with Crippen molar-refractivity contribution in [3.8, 4) is 11.1 Å². The highest BCUT2D eigenvalue weighted by Crippen LogP contribution is 2.33. The van der Waals surface area contributed by atoms with Crippen molar-refractivity contribution >= 4 is 46.4 Å². The van der Waals surface area contributed by atoms with Crippen LogP contribution in [0.15, 0.2) is 36.4 Å². The number of rotatable bonds is 1. The van der Waals surface area contributed by atoms with Gasteiger partial charge < -0.3 is 0 Å². The number of halogens is 4. The largest absolute Gasteiger partial charge is 0.0843 e. The van der Waals surface area contributed by atoms with Gasteiger partial charge in [-0.3, -0.25) is 0 Å². The lowest BCUT2D eigenvalue weighted by atomic mass is 10.1. The van der Waals surface area contributed by atoms with Crippen molar-refractivity contribution in [3.63, 3.8) is 0 Å². The molecule has 0 spiro atoms. The molecular formula is C12H6Cl4. The molecule has 82 valence electrons. The van der Waals surface area contributed by atoms with Gasteiger partial charge in [-0.05, 0) is 42.0 Å². The third-order valence-electron chi connectivity index (χ3n) is 2.10. The highest BCUT2D eigenvalue weighted by molar-refractivity contribution is 6.37. The molecule has 0 aliphatic heterocycles. The van der Waals surface area contributed by atoms with Crippen LogP contribution in [0, 0.1) is 0 Å². The maximum Gasteiger partial charge on any atom is 0.0485 e. The maximum atomic E-state index is 6.09. The molecule has 0 atom stereocenters. The van der Waals surface area contributed by atoms with E-state index in [1.807, 2.05) is 0 Å². The van der Waals surface area contributed by atoms with Gasteiger partial charge in [0.25, 0.3) is 0 Å². The van der Waals surface area contributed by atoms with Crippen LogP contribution < -0.4 is 0 Å². The molecule has 0 nitrogen and oxygen atoms in total. The average molecular weight is 292 g/mol. The molecule has 0 aliphatic carbocycles. The molecule has 2 rings (SSSR count). The van der Waals surface area contributed by atoms with Crippen molar-refractivity contribution in [2.75, 3.05) is 0 Å². The summed E-state index contributed by atoms with van der Waals surface area (Å²) in [6.45, 7) is 0. The zero-order valence-electron chi connectivity index (χ0n) is 7.98. The Kier molecular flexibility index (Phi) is 3.66. The molecule has 0 aromatic heterocycles. The molecule has 0 unspecified atom stereocenters. The minimum absolute atomic E-state index is 0.568. The highest BCUT2D eigenvalue weighted by Gasteiger charge is 2.06. The van der Waals surface area contributed by atoms with Gasteiger partial charge in [-0.1, -0.05) is 46.4 Å². The van der Waals surface area contributed by atoms with Gasteiger partial charge in [0.05, 0.1) is 0 Å². The second kappa shape index (κ2) is 4.85. The quantitative estimate of drug-likeness (QED) is 0.607. The summed E-state index contributed by atoms with van der Waals surface area (Å²) < 4.78 is 0. The van der Waals surface area contributed by atoms with E-state index in [0.717, 1.165) is 11.1 Å². The number of hydrogen-bond acceptors (Lipinski definition) is 0. The van der Waals surface area contributed by atoms with E-state index in [2.05, 4.69) is 0 Å². The predicted octanol–water partition coefficient (Wildman–Crippen LogP) is 5.97. The number of hydrogen-bond donors (Lipinski definition) is 0. The first-order valence-corrected chi connectivity index (χ1v) is 5.99. The molecule has 4 heteroatoms. The van der Waals surface area contributed by atoms with Crippen LogP contribution in [0.5, 0.6) is 0 Å². The van der Waals surface area contributed by atoms with Crippen LogP contribution in [0.1, 0.15) is 0 Å². The summed E-state index contributed by atoms with van der Waals surface area (Å²) in [5, 5.41) is 2.37. The Labute approximate surface area is 114 Å². The minimum Gasteiger partial charge on any atom is -0.0843 e. The van der Waals surface area contributed by atoms with Crippen LogP contribution in [-0.2, 0) is 0 Å². The molecule has 0 fully saturated rings. The summed E-state index contributed by atoms with van der Waals surface area (Å²) in [7, 11) is 0. The Balaban J connectivity index is 2.62. The standard InChI is InChI=1S/C12H6Cl4/c13-8-1-2-12(16)11(6-8)7-3-9(14)5-10(15)4-7/h1-6H. The molecule has 0 saturated heterocycles. The van der Waals surface area contributed by atoms with Gasteiger partial charge in [0, 0.05) is 25.7 Å². The van der Waals surface area contributed by atoms with Crippen molar-refractivity contribution in [2.45, 2.75) is 0 Å². The summed E-state index contributed by atoms with van der Waals surface area (Å²) in [6, 6.07) is 10.5. The Morgan fingerprint density at radius 3 is 1.88 bits per heavy atom. The summed E-state index contributed by atoms with van der Waals surface area (Å²) >= 11 is 23.9. The first-order valence-electron chi connectivity index (χ1n) is 4.48. The highest BCUT2D eigenvalue weighted by atomic mass is 35.5. The minimum atomic E-state index is 0.568. The molecule has 0 saturated carbocycles. The fourth-order valence-corrected chi connectivity index (χ4v) is 2.35. The van der Waals surface area contributed by atoms with E-state index in [-0.39, 0.29) is 0 Å². The van der Waals surface area contributed by atoms with E-state index in [1.54, 1.807) is 36.4 Å². The first kappa shape index (κ1) is 12.1. The van der Waals surface area contributed by atoms with Gasteiger partial charge in [0.15, 0.2) is 0 Å². The maximum absolute atomic E-state index is 6.09. The van der Waals surface area contributed by atoms with Gasteiger partial charge in [-0.2, -0.15) is 0 Å². The van der Waals surface area contributed by atoms with E-state index in [1.165, 1.54) is 0 Å². The van der Waals surface area contributed by atoms with Gasteiger partial charge in [-0.15, -0.1) is 0 Å². The molecule has 0 amide bonds. The van der Waals surface area contributed by atoms with Gasteiger partial charge in [0.2, 0.25) is 0 Å². The summed E-state index contributed by atoms with van der Waals surface area (Å²) in [5.74, 6) is 0. The van der Waals surface area contributed by atoms with Crippen molar-refractivity contribution in [1.82, 2.24) is 0 Å². The average Bonchev–Trinajstić information content (AvgIpc) is 2.20. The Hall–Kier alpha value is -0.400. The van der Waals surface area contributed by atoms with Gasteiger partial charge in [0.1, 0.15) is 0 Å². The van der Waals surface area contributed by atoms with E-state index in [9.17, 15) is 0 Å². The smallest absolute Gasteiger partial charge is 0.0485 e. The van der Waals surface area contributed by atoms with E-state index >= 15 is 0 Å². The lowest BCUT2D eigenvalue weighted by Crippen LogP contribution is -1.80. The molecule has 16 heavy (non-hydrogen) atoms. The fraction of sp³-hybridized carbons (Fsp3) is 0. The van der Waals surface area contributed by atoms with E-state index in [0.29, 0.717) is 20.1 Å². The van der Waals surface area contributed by atoms with Crippen LogP contribution in [-0.4, -0.2) is 0 Å². The Morgan fingerprint density at radius 2 is 1.25 bits per heavy atom. The van der Waals surface area contributed by atoms with E-state index in [4.69, 9.17) is 46.4 Å². The molecule has 0 bridgehead atoms. The zero-order valence-corrected chi connectivity index (χ0v) is 11.0. The first-order chi connectivity index (χ1) is 7.56. The summed E-state index contributed by atoms with van der Waals surface area (Å²) in [6.07, 6.45) is 0. The predicted molar refractivity (Wildman–Crippen MR) is 71.9 cm³/mol. The molecule has 0 radical (unpaired) electrons. The van der Waals surface area contributed by atoms with Crippen LogP contribution in [0.4, 0.5) is 0 Å². The molecule has 0 heterocycles. The second-order valence-corrected chi connectivity index (χ2v) is 5.00. The van der Waals surface area contributed by atoms with Crippen LogP contribution in [0.3, 0.4) is 0 Å². The number of benzene rings is 2. The summed E-state index contributed by atoms with van der Waals surface area (Å²) in [4.78, 5) is 0. The zero-order chi connectivity index (χ0) is 11.7. The van der Waals surface area contributed by atoms with Crippen LogP contribution >= 0.6 is 46.4 Å².